The number of carboxylic acid groups (broad SMARTS) is 1. The first-order valence-corrected chi connectivity index (χ1v) is 5.82. The van der Waals surface area contributed by atoms with Crippen molar-refractivity contribution >= 4 is 28.6 Å². The summed E-state index contributed by atoms with van der Waals surface area (Å²) in [4.78, 5) is 35.1. The molecule has 8 nitrogen and oxygen atoms in total. The third-order valence-corrected chi connectivity index (χ3v) is 3.01. The smallest absolute Gasteiger partial charge is 0.337 e. The Bertz CT molecular complexity index is 757. The van der Waals surface area contributed by atoms with Crippen LogP contribution in [-0.4, -0.2) is 22.9 Å². The third kappa shape index (κ3) is 2.40. The van der Waals surface area contributed by atoms with Gasteiger partial charge in [-0.3, -0.25) is 20.4 Å². The maximum Gasteiger partial charge on any atom is 0.337 e. The number of hydrogen-bond donors (Lipinski definition) is 5. The number of fused-ring (bicyclic) bond motifs is 1. The van der Waals surface area contributed by atoms with Crippen LogP contribution in [0.2, 0.25) is 0 Å². The molecule has 0 aliphatic rings. The predicted molar refractivity (Wildman–Crippen MR) is 74.2 cm³/mol. The van der Waals surface area contributed by atoms with E-state index in [0.29, 0.717) is 5.39 Å². The van der Waals surface area contributed by atoms with Crippen molar-refractivity contribution in [2.24, 2.45) is 11.7 Å². The van der Waals surface area contributed by atoms with Crippen molar-refractivity contribution in [3.8, 4) is 0 Å². The van der Waals surface area contributed by atoms with Gasteiger partial charge in [-0.25, -0.2) is 16.5 Å². The molecule has 8 heteroatoms. The Morgan fingerprint density at radius 3 is 1.95 bits per heavy atom. The number of aromatic carboxylic acids is 1. The number of carbonyl (C=O) groups excluding carboxylic acids is 2. The highest BCUT2D eigenvalue weighted by atomic mass is 16.4. The van der Waals surface area contributed by atoms with Crippen LogP contribution in [0.3, 0.4) is 0 Å². The number of carbonyl (C=O) groups is 3. The molecular formula is C13H12N4O4. The predicted octanol–water partition coefficient (Wildman–Crippen LogP) is -0.255. The van der Waals surface area contributed by atoms with Crippen LogP contribution in [0.5, 0.6) is 0 Å². The van der Waals surface area contributed by atoms with Gasteiger partial charge in [-0.15, -0.1) is 0 Å². The number of carboxylic acids is 1. The maximum atomic E-state index is 11.8. The van der Waals surface area contributed by atoms with Crippen molar-refractivity contribution in [3.63, 3.8) is 0 Å². The molecule has 21 heavy (non-hydrogen) atoms. The van der Waals surface area contributed by atoms with E-state index in [1.165, 1.54) is 6.07 Å². The summed E-state index contributed by atoms with van der Waals surface area (Å²) in [6.07, 6.45) is 0. The molecule has 0 bridgehead atoms. The summed E-state index contributed by atoms with van der Waals surface area (Å²) < 4.78 is 0. The van der Waals surface area contributed by atoms with Gasteiger partial charge in [-0.05, 0) is 16.8 Å². The molecule has 0 aliphatic carbocycles. The van der Waals surface area contributed by atoms with Gasteiger partial charge in [-0.1, -0.05) is 24.3 Å². The average Bonchev–Trinajstić information content (AvgIpc) is 2.51. The van der Waals surface area contributed by atoms with E-state index in [4.69, 9.17) is 11.7 Å². The van der Waals surface area contributed by atoms with Gasteiger partial charge in [0.25, 0.3) is 11.8 Å². The van der Waals surface area contributed by atoms with Crippen LogP contribution in [0, 0.1) is 0 Å². The Kier molecular flexibility index (Phi) is 3.83. The number of nitrogens with one attached hydrogen (secondary N) is 2. The summed E-state index contributed by atoms with van der Waals surface area (Å²) >= 11 is 0. The lowest BCUT2D eigenvalue weighted by molar-refractivity contribution is 0.0692. The van der Waals surface area contributed by atoms with Crippen molar-refractivity contribution < 1.29 is 19.5 Å². The van der Waals surface area contributed by atoms with Gasteiger partial charge in [0.15, 0.2) is 0 Å². The molecular weight excluding hydrogens is 276 g/mol. The van der Waals surface area contributed by atoms with Crippen LogP contribution in [0.25, 0.3) is 10.8 Å². The Labute approximate surface area is 118 Å². The highest BCUT2D eigenvalue weighted by Gasteiger charge is 2.23. The molecule has 2 aromatic carbocycles. The highest BCUT2D eigenvalue weighted by molar-refractivity contribution is 6.18. The normalized spacial score (nSPS) is 10.2. The second-order valence-electron chi connectivity index (χ2n) is 4.14. The van der Waals surface area contributed by atoms with E-state index in [9.17, 15) is 19.5 Å². The van der Waals surface area contributed by atoms with E-state index in [1.54, 1.807) is 18.2 Å². The van der Waals surface area contributed by atoms with E-state index < -0.39 is 17.8 Å². The molecule has 2 rings (SSSR count). The van der Waals surface area contributed by atoms with E-state index in [0.717, 1.165) is 6.07 Å². The zero-order valence-electron chi connectivity index (χ0n) is 10.7. The lowest BCUT2D eigenvalue weighted by Crippen LogP contribution is -2.33. The second kappa shape index (κ2) is 5.57. The molecule has 0 spiro atoms. The Morgan fingerprint density at radius 1 is 0.905 bits per heavy atom. The van der Waals surface area contributed by atoms with Crippen molar-refractivity contribution in [2.45, 2.75) is 0 Å². The molecule has 108 valence electrons. The molecule has 0 saturated heterocycles. The number of benzene rings is 2. The van der Waals surface area contributed by atoms with E-state index >= 15 is 0 Å². The van der Waals surface area contributed by atoms with Crippen molar-refractivity contribution in [1.82, 2.24) is 10.9 Å². The SMILES string of the molecule is NNC(=O)c1cc(C(=O)NN)c2ccccc2c1C(=O)O. The fourth-order valence-electron chi connectivity index (χ4n) is 2.13. The molecule has 0 radical (unpaired) electrons. The quantitative estimate of drug-likeness (QED) is 0.299. The second-order valence-corrected chi connectivity index (χ2v) is 4.14. The lowest BCUT2D eigenvalue weighted by Gasteiger charge is -2.12. The monoisotopic (exact) mass is 288 g/mol. The molecule has 0 aromatic heterocycles. The maximum absolute atomic E-state index is 11.8. The summed E-state index contributed by atoms with van der Waals surface area (Å²) in [5.41, 5.74) is 3.44. The minimum Gasteiger partial charge on any atom is -0.478 e. The summed E-state index contributed by atoms with van der Waals surface area (Å²) in [7, 11) is 0. The van der Waals surface area contributed by atoms with Crippen molar-refractivity contribution in [1.29, 1.82) is 0 Å². The van der Waals surface area contributed by atoms with Crippen LogP contribution in [0.1, 0.15) is 31.1 Å². The van der Waals surface area contributed by atoms with Crippen LogP contribution < -0.4 is 22.5 Å². The van der Waals surface area contributed by atoms with Gasteiger partial charge in [0.05, 0.1) is 11.1 Å². The topological polar surface area (TPSA) is 148 Å². The largest absolute Gasteiger partial charge is 0.478 e. The van der Waals surface area contributed by atoms with Crippen LogP contribution >= 0.6 is 0 Å². The van der Waals surface area contributed by atoms with Crippen LogP contribution in [-0.2, 0) is 0 Å². The summed E-state index contributed by atoms with van der Waals surface area (Å²) in [6.45, 7) is 0. The number of hydrogen-bond acceptors (Lipinski definition) is 5. The molecule has 7 N–H and O–H groups in total. The number of nitrogens with two attached hydrogens (primary N) is 2. The van der Waals surface area contributed by atoms with E-state index in [-0.39, 0.29) is 22.1 Å². The standard InChI is InChI=1S/C13H12N4O4/c14-16-11(18)8-5-9(12(19)17-15)10(13(20)21)7-4-2-1-3-6(7)8/h1-5H,14-15H2,(H,16,18)(H,17,19)(H,20,21). The Hall–Kier alpha value is -2.97. The number of nitrogen functional groups attached to an aromatic ring is 2. The zero-order valence-corrected chi connectivity index (χ0v) is 10.7. The fourth-order valence-corrected chi connectivity index (χ4v) is 2.13. The van der Waals surface area contributed by atoms with E-state index in [2.05, 4.69) is 0 Å². The minimum absolute atomic E-state index is 0.0803. The first kappa shape index (κ1) is 14.4. The van der Waals surface area contributed by atoms with Gasteiger partial charge in [0.2, 0.25) is 0 Å². The van der Waals surface area contributed by atoms with Gasteiger partial charge < -0.3 is 5.11 Å². The summed E-state index contributed by atoms with van der Waals surface area (Å²) in [5, 5.41) is 9.96. The van der Waals surface area contributed by atoms with Gasteiger partial charge >= 0.3 is 5.97 Å². The molecule has 0 unspecified atom stereocenters. The highest BCUT2D eigenvalue weighted by Crippen LogP contribution is 2.26. The van der Waals surface area contributed by atoms with Crippen LogP contribution in [0.4, 0.5) is 0 Å². The zero-order chi connectivity index (χ0) is 15.6. The molecule has 0 saturated carbocycles. The van der Waals surface area contributed by atoms with E-state index in [1.807, 2.05) is 10.9 Å². The first-order valence-electron chi connectivity index (χ1n) is 5.82. The van der Waals surface area contributed by atoms with Crippen LogP contribution in [0.15, 0.2) is 30.3 Å². The molecule has 2 aromatic rings. The first-order chi connectivity index (χ1) is 10.0. The molecule has 0 fully saturated rings. The van der Waals surface area contributed by atoms with Crippen molar-refractivity contribution in [3.05, 3.63) is 47.0 Å². The van der Waals surface area contributed by atoms with Crippen molar-refractivity contribution in [2.75, 3.05) is 0 Å². The Balaban J connectivity index is 2.95. The number of amides is 2. The summed E-state index contributed by atoms with van der Waals surface area (Å²) in [5.74, 6) is 7.41. The molecule has 0 heterocycles. The third-order valence-electron chi connectivity index (χ3n) is 3.01. The van der Waals surface area contributed by atoms with Gasteiger partial charge in [0.1, 0.15) is 0 Å². The lowest BCUT2D eigenvalue weighted by atomic mass is 9.94. The fraction of sp³-hybridized carbons (Fsp3) is 0. The number of hydrazine groups is 2. The summed E-state index contributed by atoms with van der Waals surface area (Å²) in [6, 6.07) is 7.46. The number of rotatable bonds is 3. The minimum atomic E-state index is -1.30. The molecule has 0 aliphatic heterocycles. The van der Waals surface area contributed by atoms with Gasteiger partial charge in [-0.2, -0.15) is 0 Å². The molecule has 0 atom stereocenters. The molecule has 2 amide bonds. The Morgan fingerprint density at radius 2 is 1.43 bits per heavy atom. The average molecular weight is 288 g/mol. The van der Waals surface area contributed by atoms with Gasteiger partial charge in [0, 0.05) is 5.56 Å².